The van der Waals surface area contributed by atoms with Gasteiger partial charge in [-0.2, -0.15) is 21.6 Å². The van der Waals surface area contributed by atoms with Crippen LogP contribution in [0, 0.1) is 5.82 Å². The van der Waals surface area contributed by atoms with Crippen LogP contribution in [0.1, 0.15) is 0 Å². The van der Waals surface area contributed by atoms with Crippen LogP contribution in [0.3, 0.4) is 0 Å². The average Bonchev–Trinajstić information content (AvgIpc) is 2.89. The SMILES string of the molecule is O=S(=O)(Oc1nc2cc(F)c(Cl)cc2n2ccnc12)C(F)(F)F. The molecule has 6 nitrogen and oxygen atoms in total. The van der Waals surface area contributed by atoms with Gasteiger partial charge in [0, 0.05) is 18.5 Å². The molecule has 0 spiro atoms. The van der Waals surface area contributed by atoms with E-state index in [4.69, 9.17) is 11.6 Å². The van der Waals surface area contributed by atoms with Gasteiger partial charge >= 0.3 is 15.6 Å². The molecule has 0 amide bonds. The zero-order chi connectivity index (χ0) is 17.0. The lowest BCUT2D eigenvalue weighted by Crippen LogP contribution is -2.28. The molecule has 0 atom stereocenters. The lowest BCUT2D eigenvalue weighted by atomic mass is 10.3. The van der Waals surface area contributed by atoms with Gasteiger partial charge in [0.25, 0.3) is 5.88 Å². The van der Waals surface area contributed by atoms with Gasteiger partial charge in [-0.05, 0) is 6.07 Å². The van der Waals surface area contributed by atoms with Gasteiger partial charge in [-0.25, -0.2) is 14.4 Å². The van der Waals surface area contributed by atoms with Gasteiger partial charge in [0.15, 0.2) is 0 Å². The number of halogens is 5. The van der Waals surface area contributed by atoms with E-state index in [1.807, 2.05) is 0 Å². The Balaban J connectivity index is 2.29. The van der Waals surface area contributed by atoms with Crippen molar-refractivity contribution < 1.29 is 30.2 Å². The van der Waals surface area contributed by atoms with Crippen molar-refractivity contribution in [3.05, 3.63) is 35.4 Å². The molecule has 0 aliphatic rings. The summed E-state index contributed by atoms with van der Waals surface area (Å²) >= 11 is 5.65. The first-order chi connectivity index (χ1) is 10.6. The molecule has 23 heavy (non-hydrogen) atoms. The fraction of sp³-hybridized carbons (Fsp3) is 0.0909. The van der Waals surface area contributed by atoms with Gasteiger partial charge in [0.05, 0.1) is 16.1 Å². The van der Waals surface area contributed by atoms with Gasteiger partial charge in [-0.15, -0.1) is 0 Å². The molecule has 0 aliphatic heterocycles. The molecule has 3 aromatic rings. The summed E-state index contributed by atoms with van der Waals surface area (Å²) in [7, 11) is -5.94. The Morgan fingerprint density at radius 3 is 2.61 bits per heavy atom. The van der Waals surface area contributed by atoms with E-state index in [0.717, 1.165) is 6.07 Å². The standard InChI is InChI=1S/C11H4ClF4N3O3S/c12-5-3-8-7(4-6(5)13)18-10(9-17-1-2-19(8)9)22-23(20,21)11(14,15)16/h1-4H. The first-order valence-electron chi connectivity index (χ1n) is 5.73. The summed E-state index contributed by atoms with van der Waals surface area (Å²) < 4.78 is 78.2. The lowest BCUT2D eigenvalue weighted by molar-refractivity contribution is -0.0500. The Labute approximate surface area is 130 Å². The first-order valence-corrected chi connectivity index (χ1v) is 7.51. The van der Waals surface area contributed by atoms with Crippen LogP contribution in [-0.4, -0.2) is 28.3 Å². The van der Waals surface area contributed by atoms with Crippen molar-refractivity contribution in [2.45, 2.75) is 5.51 Å². The fourth-order valence-corrected chi connectivity index (χ4v) is 2.40. The summed E-state index contributed by atoms with van der Waals surface area (Å²) in [6, 6.07) is 2.01. The summed E-state index contributed by atoms with van der Waals surface area (Å²) in [5.41, 5.74) is -5.89. The molecule has 3 rings (SSSR count). The van der Waals surface area contributed by atoms with Gasteiger partial charge in [0.2, 0.25) is 5.65 Å². The van der Waals surface area contributed by atoms with E-state index >= 15 is 0 Å². The van der Waals surface area contributed by atoms with Crippen LogP contribution in [0.2, 0.25) is 5.02 Å². The van der Waals surface area contributed by atoms with Crippen molar-refractivity contribution in [2.75, 3.05) is 0 Å². The Morgan fingerprint density at radius 1 is 1.26 bits per heavy atom. The summed E-state index contributed by atoms with van der Waals surface area (Å²) in [5.74, 6) is -1.81. The number of aromatic nitrogens is 3. The van der Waals surface area contributed by atoms with E-state index in [0.29, 0.717) is 0 Å². The summed E-state index contributed by atoms with van der Waals surface area (Å²) in [5, 5.41) is -0.245. The highest BCUT2D eigenvalue weighted by atomic mass is 35.5. The van der Waals surface area contributed by atoms with Crippen molar-refractivity contribution >= 4 is 38.4 Å². The Hall–Kier alpha value is -2.14. The van der Waals surface area contributed by atoms with Crippen LogP contribution in [0.15, 0.2) is 24.5 Å². The van der Waals surface area contributed by atoms with Crippen LogP contribution in [0.4, 0.5) is 17.6 Å². The summed E-state index contributed by atoms with van der Waals surface area (Å²) in [6.45, 7) is 0. The largest absolute Gasteiger partial charge is 0.534 e. The van der Waals surface area contributed by atoms with Gasteiger partial charge in [-0.1, -0.05) is 11.6 Å². The molecule has 0 unspecified atom stereocenters. The maximum absolute atomic E-state index is 13.5. The van der Waals surface area contributed by atoms with Crippen LogP contribution >= 0.6 is 11.6 Å². The van der Waals surface area contributed by atoms with E-state index in [2.05, 4.69) is 14.2 Å². The van der Waals surface area contributed by atoms with Gasteiger partial charge in [0.1, 0.15) is 5.82 Å². The topological polar surface area (TPSA) is 73.6 Å². The average molecular weight is 370 g/mol. The molecule has 12 heteroatoms. The first kappa shape index (κ1) is 15.7. The Kier molecular flexibility index (Phi) is 3.37. The molecule has 1 aromatic carbocycles. The second kappa shape index (κ2) is 4.93. The highest BCUT2D eigenvalue weighted by molar-refractivity contribution is 7.88. The maximum atomic E-state index is 13.5. The molecule has 122 valence electrons. The van der Waals surface area contributed by atoms with Gasteiger partial charge in [-0.3, -0.25) is 4.40 Å². The van der Waals surface area contributed by atoms with Crippen molar-refractivity contribution in [2.24, 2.45) is 0 Å². The highest BCUT2D eigenvalue weighted by Gasteiger charge is 2.49. The second-order valence-corrected chi connectivity index (χ2v) is 6.22. The molecular weight excluding hydrogens is 366 g/mol. The number of fused-ring (bicyclic) bond motifs is 3. The quantitative estimate of drug-likeness (QED) is 0.394. The number of alkyl halides is 3. The molecule has 2 heterocycles. The van der Waals surface area contributed by atoms with Gasteiger partial charge < -0.3 is 4.18 Å². The molecule has 0 N–H and O–H groups in total. The minimum atomic E-state index is -5.94. The molecule has 0 aliphatic carbocycles. The minimum Gasteiger partial charge on any atom is -0.351 e. The molecular formula is C11H4ClF4N3O3S. The van der Waals surface area contributed by atoms with Crippen molar-refractivity contribution in [1.29, 1.82) is 0 Å². The van der Waals surface area contributed by atoms with Crippen LogP contribution in [0.25, 0.3) is 16.7 Å². The third-order valence-corrected chi connectivity index (χ3v) is 4.04. The second-order valence-electron chi connectivity index (χ2n) is 4.28. The van der Waals surface area contributed by atoms with Crippen molar-refractivity contribution in [3.63, 3.8) is 0 Å². The van der Waals surface area contributed by atoms with Crippen LogP contribution < -0.4 is 4.18 Å². The minimum absolute atomic E-state index is 0.162. The zero-order valence-electron chi connectivity index (χ0n) is 10.7. The van der Waals surface area contributed by atoms with Crippen LogP contribution in [-0.2, 0) is 10.1 Å². The normalized spacial score (nSPS) is 12.9. The number of rotatable bonds is 2. The number of benzene rings is 1. The highest BCUT2D eigenvalue weighted by Crippen LogP contribution is 2.30. The Bertz CT molecular complexity index is 1030. The maximum Gasteiger partial charge on any atom is 0.534 e. The molecule has 0 saturated heterocycles. The predicted octanol–water partition coefficient (Wildman–Crippen LogP) is 2.90. The molecule has 2 aromatic heterocycles. The van der Waals surface area contributed by atoms with E-state index in [1.165, 1.54) is 22.9 Å². The fourth-order valence-electron chi connectivity index (χ4n) is 1.83. The molecule has 0 fully saturated rings. The molecule has 0 bridgehead atoms. The van der Waals surface area contributed by atoms with E-state index < -0.39 is 27.3 Å². The monoisotopic (exact) mass is 369 g/mol. The van der Waals surface area contributed by atoms with E-state index in [9.17, 15) is 26.0 Å². The van der Waals surface area contributed by atoms with Crippen molar-refractivity contribution in [1.82, 2.24) is 14.4 Å². The molecule has 0 saturated carbocycles. The predicted molar refractivity (Wildman–Crippen MR) is 71.1 cm³/mol. The molecule has 0 radical (unpaired) electrons. The Morgan fingerprint density at radius 2 is 1.96 bits per heavy atom. The van der Waals surface area contributed by atoms with Crippen LogP contribution in [0.5, 0.6) is 5.88 Å². The third-order valence-electron chi connectivity index (χ3n) is 2.80. The number of hydrogen-bond donors (Lipinski definition) is 0. The number of nitrogens with zero attached hydrogens (tertiary/aromatic N) is 3. The van der Waals surface area contributed by atoms with Crippen molar-refractivity contribution in [3.8, 4) is 5.88 Å². The van der Waals surface area contributed by atoms with E-state index in [1.54, 1.807) is 0 Å². The smallest absolute Gasteiger partial charge is 0.351 e. The number of imidazole rings is 1. The summed E-state index contributed by atoms with van der Waals surface area (Å²) in [6.07, 6.45) is 2.49. The lowest BCUT2D eigenvalue weighted by Gasteiger charge is -2.11. The number of hydrogen-bond acceptors (Lipinski definition) is 5. The third kappa shape index (κ3) is 2.55. The summed E-state index contributed by atoms with van der Waals surface area (Å²) in [4.78, 5) is 7.29. The zero-order valence-corrected chi connectivity index (χ0v) is 12.2. The van der Waals surface area contributed by atoms with E-state index in [-0.39, 0.29) is 21.7 Å².